The Morgan fingerprint density at radius 2 is 2.27 bits per heavy atom. The van der Waals surface area contributed by atoms with E-state index in [0.29, 0.717) is 17.7 Å². The largest absolute Gasteiger partial charge is 0.465 e. The maximum atomic E-state index is 13.4. The first-order chi connectivity index (χ1) is 10.4. The fourth-order valence-corrected chi connectivity index (χ4v) is 3.43. The normalized spacial score (nSPS) is 20.5. The Balaban J connectivity index is 1.89. The Morgan fingerprint density at radius 3 is 2.91 bits per heavy atom. The number of ether oxygens (including phenoxy) is 1. The van der Waals surface area contributed by atoms with E-state index in [1.807, 2.05) is 0 Å². The summed E-state index contributed by atoms with van der Waals surface area (Å²) in [6.07, 6.45) is 0.419. The number of hydrogen-bond donors (Lipinski definition) is 1. The lowest BCUT2D eigenvalue weighted by molar-refractivity contribution is -0.148. The number of nitrogens with zero attached hydrogens (tertiary/aromatic N) is 1. The van der Waals surface area contributed by atoms with Crippen LogP contribution in [0.5, 0.6) is 0 Å². The highest BCUT2D eigenvalue weighted by Crippen LogP contribution is 2.33. The van der Waals surface area contributed by atoms with Crippen molar-refractivity contribution >= 4 is 23.2 Å². The molecule has 0 unspecified atom stereocenters. The number of likely N-dealkylation sites (tertiary alicyclic amines) is 1. The average molecular weight is 333 g/mol. The monoisotopic (exact) mass is 333 g/mol. The number of alkyl halides is 2. The molecule has 122 valence electrons. The SMILES string of the molecule is COC(=O)c1ccc(CCCN2C(=O)C(F)(F)C[C@@H]2CO)s1. The van der Waals surface area contributed by atoms with E-state index in [9.17, 15) is 18.4 Å². The van der Waals surface area contributed by atoms with Crippen LogP contribution in [0.3, 0.4) is 0 Å². The molecule has 0 aromatic carbocycles. The molecule has 1 N–H and O–H groups in total. The third kappa shape index (κ3) is 3.44. The first kappa shape index (κ1) is 16.8. The third-order valence-corrected chi connectivity index (χ3v) is 4.71. The van der Waals surface area contributed by atoms with Gasteiger partial charge in [-0.2, -0.15) is 8.78 Å². The number of carbonyl (C=O) groups is 2. The van der Waals surface area contributed by atoms with Gasteiger partial charge in [-0.3, -0.25) is 4.79 Å². The average Bonchev–Trinajstić information content (AvgIpc) is 3.04. The number of esters is 1. The Hall–Kier alpha value is -1.54. The molecule has 1 aliphatic rings. The van der Waals surface area contributed by atoms with Gasteiger partial charge >= 0.3 is 11.9 Å². The number of methoxy groups -OCH3 is 1. The highest BCUT2D eigenvalue weighted by atomic mass is 32.1. The molecular weight excluding hydrogens is 316 g/mol. The predicted octanol–water partition coefficient (Wildman–Crippen LogP) is 1.70. The summed E-state index contributed by atoms with van der Waals surface area (Å²) >= 11 is 1.28. The second-order valence-corrected chi connectivity index (χ2v) is 6.27. The smallest absolute Gasteiger partial charge is 0.348 e. The van der Waals surface area contributed by atoms with Gasteiger partial charge in [-0.1, -0.05) is 0 Å². The third-order valence-electron chi connectivity index (χ3n) is 3.59. The Morgan fingerprint density at radius 1 is 1.55 bits per heavy atom. The second kappa shape index (κ2) is 6.70. The van der Waals surface area contributed by atoms with Crippen LogP contribution in [0.2, 0.25) is 0 Å². The minimum absolute atomic E-state index is 0.158. The van der Waals surface area contributed by atoms with Gasteiger partial charge in [-0.25, -0.2) is 4.79 Å². The number of carbonyl (C=O) groups excluding carboxylic acids is 2. The van der Waals surface area contributed by atoms with Crippen molar-refractivity contribution in [2.24, 2.45) is 0 Å². The first-order valence-corrected chi connectivity index (χ1v) is 7.67. The highest BCUT2D eigenvalue weighted by Gasteiger charge is 2.52. The van der Waals surface area contributed by atoms with Gasteiger partial charge in [0.1, 0.15) is 4.88 Å². The van der Waals surface area contributed by atoms with Gasteiger partial charge in [-0.05, 0) is 25.0 Å². The minimum Gasteiger partial charge on any atom is -0.465 e. The lowest BCUT2D eigenvalue weighted by Crippen LogP contribution is -2.38. The zero-order valence-electron chi connectivity index (χ0n) is 12.1. The molecule has 0 bridgehead atoms. The van der Waals surface area contributed by atoms with Crippen LogP contribution in [0.25, 0.3) is 0 Å². The van der Waals surface area contributed by atoms with Crippen molar-refractivity contribution in [3.8, 4) is 0 Å². The summed E-state index contributed by atoms with van der Waals surface area (Å²) in [6.45, 7) is -0.308. The molecule has 2 heterocycles. The number of amides is 1. The van der Waals surface area contributed by atoms with E-state index >= 15 is 0 Å². The lowest BCUT2D eigenvalue weighted by Gasteiger charge is -2.22. The van der Waals surface area contributed by atoms with Gasteiger partial charge in [0, 0.05) is 17.8 Å². The zero-order chi connectivity index (χ0) is 16.3. The fourth-order valence-electron chi connectivity index (χ4n) is 2.46. The van der Waals surface area contributed by atoms with Gasteiger partial charge in [0.25, 0.3) is 5.91 Å². The molecule has 22 heavy (non-hydrogen) atoms. The number of halogens is 2. The molecule has 1 aliphatic heterocycles. The van der Waals surface area contributed by atoms with E-state index in [1.54, 1.807) is 12.1 Å². The molecule has 0 spiro atoms. The Labute approximate surface area is 130 Å². The summed E-state index contributed by atoms with van der Waals surface area (Å²) in [5.74, 6) is -5.01. The summed E-state index contributed by atoms with van der Waals surface area (Å²) in [4.78, 5) is 25.4. The maximum Gasteiger partial charge on any atom is 0.348 e. The first-order valence-electron chi connectivity index (χ1n) is 6.86. The van der Waals surface area contributed by atoms with Crippen molar-refractivity contribution in [3.63, 3.8) is 0 Å². The standard InChI is InChI=1S/C14H17F2NO4S/c1-21-12(19)11-5-4-10(22-11)3-2-6-17-9(8-18)7-14(15,16)13(17)20/h4-5,9,18H,2-3,6-8H2,1H3/t9-/m1/s1. The van der Waals surface area contributed by atoms with Crippen LogP contribution in [-0.2, 0) is 16.0 Å². The molecule has 0 aliphatic carbocycles. The van der Waals surface area contributed by atoms with Crippen molar-refractivity contribution in [1.29, 1.82) is 0 Å². The molecule has 1 saturated heterocycles. The van der Waals surface area contributed by atoms with Gasteiger partial charge in [0.2, 0.25) is 0 Å². The minimum atomic E-state index is -3.38. The number of aliphatic hydroxyl groups is 1. The number of rotatable bonds is 6. The molecule has 1 amide bonds. The van der Waals surface area contributed by atoms with Crippen molar-refractivity contribution in [3.05, 3.63) is 21.9 Å². The van der Waals surface area contributed by atoms with Crippen LogP contribution >= 0.6 is 11.3 Å². The van der Waals surface area contributed by atoms with Crippen molar-refractivity contribution in [1.82, 2.24) is 4.90 Å². The van der Waals surface area contributed by atoms with E-state index < -0.39 is 36.9 Å². The van der Waals surface area contributed by atoms with Crippen LogP contribution in [0.1, 0.15) is 27.4 Å². The van der Waals surface area contributed by atoms with Crippen molar-refractivity contribution < 1.29 is 28.2 Å². The van der Waals surface area contributed by atoms with Crippen LogP contribution in [0.15, 0.2) is 12.1 Å². The molecule has 1 fully saturated rings. The van der Waals surface area contributed by atoms with Gasteiger partial charge in [-0.15, -0.1) is 11.3 Å². The molecular formula is C14H17F2NO4S. The number of aliphatic hydroxyl groups excluding tert-OH is 1. The zero-order valence-corrected chi connectivity index (χ0v) is 12.9. The summed E-state index contributed by atoms with van der Waals surface area (Å²) < 4.78 is 31.3. The van der Waals surface area contributed by atoms with E-state index in [1.165, 1.54) is 18.4 Å². The lowest BCUT2D eigenvalue weighted by atomic mass is 10.2. The predicted molar refractivity (Wildman–Crippen MR) is 76.1 cm³/mol. The summed E-state index contributed by atoms with van der Waals surface area (Å²) in [5, 5.41) is 9.12. The summed E-state index contributed by atoms with van der Waals surface area (Å²) in [6, 6.07) is 2.61. The molecule has 1 aromatic rings. The van der Waals surface area contributed by atoms with E-state index in [-0.39, 0.29) is 6.54 Å². The maximum absolute atomic E-state index is 13.4. The van der Waals surface area contributed by atoms with Crippen LogP contribution in [0, 0.1) is 0 Å². The van der Waals surface area contributed by atoms with Gasteiger partial charge < -0.3 is 14.7 Å². The second-order valence-electron chi connectivity index (χ2n) is 5.10. The van der Waals surface area contributed by atoms with Crippen LogP contribution in [0.4, 0.5) is 8.78 Å². The molecule has 1 aromatic heterocycles. The van der Waals surface area contributed by atoms with Gasteiger partial charge in [0.15, 0.2) is 0 Å². The van der Waals surface area contributed by atoms with Crippen LogP contribution in [-0.4, -0.2) is 54.1 Å². The topological polar surface area (TPSA) is 66.8 Å². The van der Waals surface area contributed by atoms with Crippen molar-refractivity contribution in [2.45, 2.75) is 31.2 Å². The van der Waals surface area contributed by atoms with E-state index in [2.05, 4.69) is 4.74 Å². The molecule has 8 heteroatoms. The summed E-state index contributed by atoms with van der Waals surface area (Å²) in [5.41, 5.74) is 0. The quantitative estimate of drug-likeness (QED) is 0.805. The number of hydrogen-bond acceptors (Lipinski definition) is 5. The molecule has 1 atom stereocenters. The highest BCUT2D eigenvalue weighted by molar-refractivity contribution is 7.13. The molecule has 2 rings (SSSR count). The fraction of sp³-hybridized carbons (Fsp3) is 0.571. The van der Waals surface area contributed by atoms with Crippen molar-refractivity contribution in [2.75, 3.05) is 20.3 Å². The molecule has 5 nitrogen and oxygen atoms in total. The number of thiophene rings is 1. The van der Waals surface area contributed by atoms with E-state index in [0.717, 1.165) is 9.78 Å². The molecule has 0 radical (unpaired) electrons. The molecule has 0 saturated carbocycles. The summed E-state index contributed by atoms with van der Waals surface area (Å²) in [7, 11) is 1.30. The van der Waals surface area contributed by atoms with Crippen LogP contribution < -0.4 is 0 Å². The Bertz CT molecular complexity index is 561. The number of aryl methyl sites for hydroxylation is 1. The van der Waals surface area contributed by atoms with Gasteiger partial charge in [0.05, 0.1) is 19.8 Å². The Kier molecular flexibility index (Phi) is 5.12. The van der Waals surface area contributed by atoms with E-state index in [4.69, 9.17) is 5.11 Å².